The first-order valence-corrected chi connectivity index (χ1v) is 5.04. The van der Waals surface area contributed by atoms with E-state index < -0.39 is 5.82 Å². The fourth-order valence-electron chi connectivity index (χ4n) is 1.52. The molecule has 82 valence electrons. The topological polar surface area (TPSA) is 38.0 Å². The van der Waals surface area contributed by atoms with E-state index in [0.717, 1.165) is 11.3 Å². The van der Waals surface area contributed by atoms with Gasteiger partial charge in [-0.1, -0.05) is 18.2 Å². The normalized spacial score (nSPS) is 10.1. The lowest BCUT2D eigenvalue weighted by atomic mass is 10.2. The first kappa shape index (κ1) is 10.5. The number of nitrogen functional groups attached to an aromatic ring is 1. The highest BCUT2D eigenvalue weighted by molar-refractivity contribution is 5.72. The molecule has 3 N–H and O–H groups in total. The van der Waals surface area contributed by atoms with Crippen LogP contribution < -0.4 is 11.1 Å². The van der Waals surface area contributed by atoms with Gasteiger partial charge in [-0.15, -0.1) is 0 Å². The Labute approximate surface area is 93.9 Å². The summed E-state index contributed by atoms with van der Waals surface area (Å²) in [5, 5.41) is 3.09. The van der Waals surface area contributed by atoms with E-state index in [1.165, 1.54) is 6.07 Å². The molecule has 2 nitrogen and oxygen atoms in total. The summed E-state index contributed by atoms with van der Waals surface area (Å²) in [5.74, 6) is -0.405. The first-order valence-electron chi connectivity index (χ1n) is 5.04. The highest BCUT2D eigenvalue weighted by Gasteiger charge is 2.03. The lowest BCUT2D eigenvalue weighted by molar-refractivity contribution is 0.633. The largest absolute Gasteiger partial charge is 0.395 e. The predicted octanol–water partition coefficient (Wildman–Crippen LogP) is 3.46. The van der Waals surface area contributed by atoms with Crippen molar-refractivity contribution in [2.75, 3.05) is 11.1 Å². The van der Waals surface area contributed by atoms with E-state index in [1.807, 2.05) is 31.2 Å². The molecule has 0 aliphatic carbocycles. The molecular weight excluding hydrogens is 203 g/mol. The van der Waals surface area contributed by atoms with E-state index in [4.69, 9.17) is 5.73 Å². The van der Waals surface area contributed by atoms with E-state index in [9.17, 15) is 4.39 Å². The van der Waals surface area contributed by atoms with Gasteiger partial charge in [0.15, 0.2) is 0 Å². The van der Waals surface area contributed by atoms with E-state index in [1.54, 1.807) is 12.1 Å². The third-order valence-electron chi connectivity index (χ3n) is 2.35. The SMILES string of the molecule is Cc1cccc(Nc2cccc(F)c2N)c1. The van der Waals surface area contributed by atoms with Gasteiger partial charge in [0, 0.05) is 5.69 Å². The molecular formula is C13H13FN2. The monoisotopic (exact) mass is 216 g/mol. The van der Waals surface area contributed by atoms with Gasteiger partial charge in [-0.3, -0.25) is 0 Å². The van der Waals surface area contributed by atoms with E-state index >= 15 is 0 Å². The van der Waals surface area contributed by atoms with Gasteiger partial charge in [0.05, 0.1) is 11.4 Å². The minimum absolute atomic E-state index is 0.143. The third-order valence-corrected chi connectivity index (χ3v) is 2.35. The van der Waals surface area contributed by atoms with Crippen molar-refractivity contribution in [2.24, 2.45) is 0 Å². The molecule has 2 aromatic carbocycles. The quantitative estimate of drug-likeness (QED) is 0.754. The molecule has 2 aromatic rings. The van der Waals surface area contributed by atoms with Crippen molar-refractivity contribution >= 4 is 17.1 Å². The van der Waals surface area contributed by atoms with Crippen molar-refractivity contribution in [3.05, 3.63) is 53.8 Å². The smallest absolute Gasteiger partial charge is 0.148 e. The van der Waals surface area contributed by atoms with Gasteiger partial charge in [0.2, 0.25) is 0 Å². The molecule has 0 saturated carbocycles. The Morgan fingerprint density at radius 3 is 2.62 bits per heavy atom. The molecule has 0 spiro atoms. The van der Waals surface area contributed by atoms with E-state index in [-0.39, 0.29) is 5.69 Å². The first-order chi connectivity index (χ1) is 7.66. The molecule has 0 aliphatic heterocycles. The van der Waals surface area contributed by atoms with Crippen LogP contribution in [0.2, 0.25) is 0 Å². The standard InChI is InChI=1S/C13H13FN2/c1-9-4-2-5-10(8-9)16-12-7-3-6-11(14)13(12)15/h2-8,16H,15H2,1H3. The lowest BCUT2D eigenvalue weighted by Gasteiger charge is -2.10. The summed E-state index contributed by atoms with van der Waals surface area (Å²) >= 11 is 0. The van der Waals surface area contributed by atoms with Gasteiger partial charge in [-0.05, 0) is 36.8 Å². The number of halogens is 1. The van der Waals surface area contributed by atoms with E-state index in [2.05, 4.69) is 5.32 Å². The Morgan fingerprint density at radius 1 is 1.12 bits per heavy atom. The maximum absolute atomic E-state index is 13.2. The van der Waals surface area contributed by atoms with Crippen LogP contribution in [0.4, 0.5) is 21.5 Å². The van der Waals surface area contributed by atoms with Crippen molar-refractivity contribution in [1.29, 1.82) is 0 Å². The van der Waals surface area contributed by atoms with Gasteiger partial charge in [-0.2, -0.15) is 0 Å². The van der Waals surface area contributed by atoms with Gasteiger partial charge in [0.25, 0.3) is 0 Å². The van der Waals surface area contributed by atoms with Crippen LogP contribution in [0.1, 0.15) is 5.56 Å². The highest BCUT2D eigenvalue weighted by atomic mass is 19.1. The van der Waals surface area contributed by atoms with Crippen molar-refractivity contribution in [3.63, 3.8) is 0 Å². The Hall–Kier alpha value is -2.03. The van der Waals surface area contributed by atoms with E-state index in [0.29, 0.717) is 5.69 Å². The van der Waals surface area contributed by atoms with Crippen molar-refractivity contribution in [3.8, 4) is 0 Å². The molecule has 3 heteroatoms. The number of benzene rings is 2. The number of aryl methyl sites for hydroxylation is 1. The van der Waals surface area contributed by atoms with Gasteiger partial charge in [-0.25, -0.2) is 4.39 Å². The zero-order valence-corrected chi connectivity index (χ0v) is 9.00. The molecule has 0 unspecified atom stereocenters. The maximum Gasteiger partial charge on any atom is 0.148 e. The van der Waals surface area contributed by atoms with Crippen LogP contribution in [0.25, 0.3) is 0 Å². The molecule has 16 heavy (non-hydrogen) atoms. The minimum atomic E-state index is -0.405. The Bertz CT molecular complexity index is 509. The lowest BCUT2D eigenvalue weighted by Crippen LogP contribution is -1.98. The number of nitrogens with one attached hydrogen (secondary N) is 1. The summed E-state index contributed by atoms with van der Waals surface area (Å²) in [7, 11) is 0. The molecule has 0 bridgehead atoms. The van der Waals surface area contributed by atoms with Crippen molar-refractivity contribution in [1.82, 2.24) is 0 Å². The number of anilines is 3. The average molecular weight is 216 g/mol. The van der Waals surface area contributed by atoms with Crippen LogP contribution in [-0.2, 0) is 0 Å². The molecule has 2 rings (SSSR count). The summed E-state index contributed by atoms with van der Waals surface area (Å²) in [6.07, 6.45) is 0. The second-order valence-electron chi connectivity index (χ2n) is 3.70. The maximum atomic E-state index is 13.2. The van der Waals surface area contributed by atoms with Crippen LogP contribution in [-0.4, -0.2) is 0 Å². The van der Waals surface area contributed by atoms with Crippen molar-refractivity contribution < 1.29 is 4.39 Å². The molecule has 0 radical (unpaired) electrons. The molecule has 0 aromatic heterocycles. The predicted molar refractivity (Wildman–Crippen MR) is 65.3 cm³/mol. The second-order valence-corrected chi connectivity index (χ2v) is 3.70. The molecule has 0 amide bonds. The molecule has 0 fully saturated rings. The molecule has 0 atom stereocenters. The third kappa shape index (κ3) is 2.14. The van der Waals surface area contributed by atoms with Gasteiger partial charge in [0.1, 0.15) is 5.82 Å². The number of para-hydroxylation sites is 1. The van der Waals surface area contributed by atoms with Gasteiger partial charge < -0.3 is 11.1 Å². The molecule has 0 aliphatic rings. The fraction of sp³-hybridized carbons (Fsp3) is 0.0769. The number of nitrogens with two attached hydrogens (primary N) is 1. The Morgan fingerprint density at radius 2 is 1.88 bits per heavy atom. The summed E-state index contributed by atoms with van der Waals surface area (Å²) in [4.78, 5) is 0. The Balaban J connectivity index is 2.31. The van der Waals surface area contributed by atoms with Crippen LogP contribution in [0.5, 0.6) is 0 Å². The number of rotatable bonds is 2. The van der Waals surface area contributed by atoms with Crippen LogP contribution in [0.15, 0.2) is 42.5 Å². The van der Waals surface area contributed by atoms with Crippen LogP contribution >= 0.6 is 0 Å². The zero-order valence-electron chi connectivity index (χ0n) is 9.00. The second kappa shape index (κ2) is 4.23. The summed E-state index contributed by atoms with van der Waals surface area (Å²) < 4.78 is 13.2. The van der Waals surface area contributed by atoms with Crippen LogP contribution in [0, 0.1) is 12.7 Å². The summed E-state index contributed by atoms with van der Waals surface area (Å²) in [5.41, 5.74) is 8.40. The summed E-state index contributed by atoms with van der Waals surface area (Å²) in [6, 6.07) is 12.6. The average Bonchev–Trinajstić information content (AvgIpc) is 2.25. The van der Waals surface area contributed by atoms with Gasteiger partial charge >= 0.3 is 0 Å². The molecule has 0 heterocycles. The Kier molecular flexibility index (Phi) is 2.77. The summed E-state index contributed by atoms with van der Waals surface area (Å²) in [6.45, 7) is 2.00. The minimum Gasteiger partial charge on any atom is -0.395 e. The number of hydrogen-bond donors (Lipinski definition) is 2. The number of hydrogen-bond acceptors (Lipinski definition) is 2. The zero-order chi connectivity index (χ0) is 11.5. The van der Waals surface area contributed by atoms with Crippen molar-refractivity contribution in [2.45, 2.75) is 6.92 Å². The molecule has 0 saturated heterocycles. The highest BCUT2D eigenvalue weighted by Crippen LogP contribution is 2.25. The van der Waals surface area contributed by atoms with Crippen LogP contribution in [0.3, 0.4) is 0 Å². The fourth-order valence-corrected chi connectivity index (χ4v) is 1.52.